The number of carbonyl (C=O) groups is 2. The molecule has 0 aliphatic heterocycles. The van der Waals surface area contributed by atoms with Crippen molar-refractivity contribution in [2.24, 2.45) is 0 Å². The van der Waals surface area contributed by atoms with Crippen LogP contribution in [-0.4, -0.2) is 25.0 Å². The van der Waals surface area contributed by atoms with E-state index in [-0.39, 0.29) is 31.4 Å². The molecule has 0 saturated heterocycles. The fourth-order valence-electron chi connectivity index (χ4n) is 1.18. The van der Waals surface area contributed by atoms with Gasteiger partial charge in [0.2, 0.25) is 0 Å². The molecule has 0 aliphatic rings. The van der Waals surface area contributed by atoms with Crippen molar-refractivity contribution in [2.75, 3.05) is 13.2 Å². The summed E-state index contributed by atoms with van der Waals surface area (Å²) in [6.07, 6.45) is 1.06. The Bertz CT molecular complexity index is 423. The smallest absolute Gasteiger partial charge is 0.307 e. The van der Waals surface area contributed by atoms with Crippen LogP contribution in [0.25, 0.3) is 0 Å². The number of nitrogens with zero attached hydrogens (tertiary/aromatic N) is 1. The molecule has 1 aromatic heterocycles. The molecule has 1 heterocycles. The molecule has 0 spiro atoms. The Labute approximate surface area is 109 Å². The predicted molar refractivity (Wildman–Crippen MR) is 67.1 cm³/mol. The van der Waals surface area contributed by atoms with Gasteiger partial charge in [-0.05, 0) is 17.9 Å². The number of unbranched alkanes of at least 4 members (excludes halogenated alkanes) is 1. The lowest BCUT2D eigenvalue weighted by molar-refractivity contribution is -0.143. The fraction of sp³-hybridized carbons (Fsp3) is 0.417. The Hall–Kier alpha value is -1.87. The fourth-order valence-corrected chi connectivity index (χ4v) is 1.82. The van der Waals surface area contributed by atoms with E-state index in [0.717, 1.165) is 0 Å². The van der Waals surface area contributed by atoms with Crippen LogP contribution in [0, 0.1) is 11.3 Å². The van der Waals surface area contributed by atoms with Crippen LogP contribution in [0.1, 0.15) is 29.6 Å². The average Bonchev–Trinajstić information content (AvgIpc) is 2.88. The molecule has 0 bridgehead atoms. The molecular weight excluding hydrogens is 252 g/mol. The second kappa shape index (κ2) is 8.25. The summed E-state index contributed by atoms with van der Waals surface area (Å²) in [5.41, 5.74) is 0.599. The molecule has 0 unspecified atom stereocenters. The van der Waals surface area contributed by atoms with Crippen molar-refractivity contribution in [3.63, 3.8) is 0 Å². The summed E-state index contributed by atoms with van der Waals surface area (Å²) < 4.78 is 4.88. The van der Waals surface area contributed by atoms with E-state index >= 15 is 0 Å². The number of esters is 1. The molecule has 0 fully saturated rings. The molecule has 0 radical (unpaired) electrons. The van der Waals surface area contributed by atoms with Crippen LogP contribution in [-0.2, 0) is 9.53 Å². The lowest BCUT2D eigenvalue weighted by atomic mass is 10.3. The second-order valence-electron chi connectivity index (χ2n) is 3.50. The molecule has 0 aromatic carbocycles. The molecule has 1 aromatic rings. The highest BCUT2D eigenvalue weighted by Gasteiger charge is 2.07. The maximum atomic E-state index is 11.5. The first-order valence-corrected chi connectivity index (χ1v) is 6.51. The topological polar surface area (TPSA) is 79.2 Å². The number of nitriles is 1. The molecule has 18 heavy (non-hydrogen) atoms. The normalized spacial score (nSPS) is 9.50. The minimum atomic E-state index is -0.362. The van der Waals surface area contributed by atoms with Crippen LogP contribution >= 0.6 is 11.3 Å². The molecular formula is C12H14N2O3S. The first-order chi connectivity index (χ1) is 8.74. The molecule has 5 nitrogen and oxygen atoms in total. The minimum absolute atomic E-state index is 0.141. The molecule has 96 valence electrons. The summed E-state index contributed by atoms with van der Waals surface area (Å²) in [4.78, 5) is 22.7. The van der Waals surface area contributed by atoms with E-state index in [1.807, 2.05) is 11.4 Å². The number of ether oxygens (including phenoxy) is 1. The van der Waals surface area contributed by atoms with Crippen LogP contribution in [0.15, 0.2) is 16.8 Å². The number of hydrogen-bond donors (Lipinski definition) is 1. The van der Waals surface area contributed by atoms with Crippen LogP contribution in [0.3, 0.4) is 0 Å². The highest BCUT2D eigenvalue weighted by molar-refractivity contribution is 7.08. The molecule has 0 aliphatic carbocycles. The van der Waals surface area contributed by atoms with Gasteiger partial charge in [-0.25, -0.2) is 0 Å². The summed E-state index contributed by atoms with van der Waals surface area (Å²) in [7, 11) is 0. The first-order valence-electron chi connectivity index (χ1n) is 5.57. The van der Waals surface area contributed by atoms with Gasteiger partial charge in [-0.3, -0.25) is 9.59 Å². The minimum Gasteiger partial charge on any atom is -0.466 e. The first kappa shape index (κ1) is 14.2. The third-order valence-corrected chi connectivity index (χ3v) is 2.78. The Balaban J connectivity index is 2.09. The van der Waals surface area contributed by atoms with Gasteiger partial charge in [0.1, 0.15) is 0 Å². The van der Waals surface area contributed by atoms with Gasteiger partial charge >= 0.3 is 5.97 Å². The van der Waals surface area contributed by atoms with Gasteiger partial charge < -0.3 is 10.1 Å². The van der Waals surface area contributed by atoms with Crippen molar-refractivity contribution in [2.45, 2.75) is 19.3 Å². The number of rotatable bonds is 7. The second-order valence-corrected chi connectivity index (χ2v) is 4.28. The van der Waals surface area contributed by atoms with Gasteiger partial charge in [0.05, 0.1) is 19.1 Å². The van der Waals surface area contributed by atoms with Gasteiger partial charge in [0, 0.05) is 23.9 Å². The Morgan fingerprint density at radius 1 is 1.50 bits per heavy atom. The summed E-state index contributed by atoms with van der Waals surface area (Å²) in [5, 5.41) is 14.5. The average molecular weight is 266 g/mol. The number of carbonyl (C=O) groups excluding carboxylic acids is 2. The Kier molecular flexibility index (Phi) is 6.51. The lowest BCUT2D eigenvalue weighted by Gasteiger charge is -2.04. The molecule has 0 saturated carbocycles. The third kappa shape index (κ3) is 5.46. The van der Waals surface area contributed by atoms with Crippen LogP contribution in [0.4, 0.5) is 0 Å². The number of hydrogen-bond acceptors (Lipinski definition) is 5. The monoisotopic (exact) mass is 266 g/mol. The zero-order valence-corrected chi connectivity index (χ0v) is 10.7. The lowest BCUT2D eigenvalue weighted by Crippen LogP contribution is -2.26. The Morgan fingerprint density at radius 2 is 2.33 bits per heavy atom. The highest BCUT2D eigenvalue weighted by atomic mass is 32.1. The quantitative estimate of drug-likeness (QED) is 0.602. The molecule has 1 rings (SSSR count). The van der Waals surface area contributed by atoms with Crippen LogP contribution in [0.2, 0.25) is 0 Å². The molecule has 0 atom stereocenters. The van der Waals surface area contributed by atoms with E-state index in [1.54, 1.807) is 11.4 Å². The van der Waals surface area contributed by atoms with Crippen molar-refractivity contribution >= 4 is 23.2 Å². The summed E-state index contributed by atoms with van der Waals surface area (Å²) in [6, 6.07) is 3.69. The number of thiophene rings is 1. The maximum Gasteiger partial charge on any atom is 0.307 e. The number of nitrogens with one attached hydrogen (secondary N) is 1. The third-order valence-electron chi connectivity index (χ3n) is 2.09. The van der Waals surface area contributed by atoms with Gasteiger partial charge in [-0.1, -0.05) is 0 Å². The highest BCUT2D eigenvalue weighted by Crippen LogP contribution is 2.05. The SMILES string of the molecule is N#CCCCOC(=O)CCNC(=O)c1ccsc1. The predicted octanol–water partition coefficient (Wildman–Crippen LogP) is 1.71. The maximum absolute atomic E-state index is 11.5. The van der Waals surface area contributed by atoms with Gasteiger partial charge in [-0.15, -0.1) is 0 Å². The van der Waals surface area contributed by atoms with E-state index in [4.69, 9.17) is 10.00 Å². The van der Waals surface area contributed by atoms with Crippen molar-refractivity contribution < 1.29 is 14.3 Å². The molecule has 1 amide bonds. The van der Waals surface area contributed by atoms with Crippen molar-refractivity contribution in [3.8, 4) is 6.07 Å². The molecule has 1 N–H and O–H groups in total. The Morgan fingerprint density at radius 3 is 3.00 bits per heavy atom. The number of amides is 1. The van der Waals surface area contributed by atoms with Crippen LogP contribution in [0.5, 0.6) is 0 Å². The summed E-state index contributed by atoms with van der Waals surface area (Å²) in [5.74, 6) is -0.549. The standard InChI is InChI=1S/C12H14N2O3S/c13-5-1-2-7-17-11(15)3-6-14-12(16)10-4-8-18-9-10/h4,8-9H,1-3,6-7H2,(H,14,16). The zero-order valence-electron chi connectivity index (χ0n) is 9.85. The van der Waals surface area contributed by atoms with E-state index in [1.165, 1.54) is 11.3 Å². The largest absolute Gasteiger partial charge is 0.466 e. The van der Waals surface area contributed by atoms with E-state index in [0.29, 0.717) is 18.4 Å². The molecule has 6 heteroatoms. The van der Waals surface area contributed by atoms with E-state index in [2.05, 4.69) is 5.32 Å². The van der Waals surface area contributed by atoms with Crippen molar-refractivity contribution in [1.29, 1.82) is 5.26 Å². The zero-order chi connectivity index (χ0) is 13.2. The van der Waals surface area contributed by atoms with E-state index < -0.39 is 0 Å². The van der Waals surface area contributed by atoms with E-state index in [9.17, 15) is 9.59 Å². The van der Waals surface area contributed by atoms with Gasteiger partial charge in [0.15, 0.2) is 0 Å². The summed E-state index contributed by atoms with van der Waals surface area (Å²) in [6.45, 7) is 0.511. The van der Waals surface area contributed by atoms with Crippen LogP contribution < -0.4 is 5.32 Å². The van der Waals surface area contributed by atoms with Gasteiger partial charge in [0.25, 0.3) is 5.91 Å². The summed E-state index contributed by atoms with van der Waals surface area (Å²) >= 11 is 1.44. The van der Waals surface area contributed by atoms with Gasteiger partial charge in [-0.2, -0.15) is 16.6 Å². The van der Waals surface area contributed by atoms with Crippen molar-refractivity contribution in [1.82, 2.24) is 5.32 Å². The van der Waals surface area contributed by atoms with Crippen molar-refractivity contribution in [3.05, 3.63) is 22.4 Å².